The van der Waals surface area contributed by atoms with E-state index in [1.165, 1.54) is 35.9 Å². The van der Waals surface area contributed by atoms with Crippen LogP contribution in [-0.4, -0.2) is 11.0 Å². The molecule has 0 saturated heterocycles. The summed E-state index contributed by atoms with van der Waals surface area (Å²) < 4.78 is 1.30. The van der Waals surface area contributed by atoms with Gasteiger partial charge in [-0.15, -0.1) is 0 Å². The summed E-state index contributed by atoms with van der Waals surface area (Å²) in [6.07, 6.45) is 5.39. The van der Waals surface area contributed by atoms with Crippen LogP contribution in [0.3, 0.4) is 0 Å². The van der Waals surface area contributed by atoms with E-state index in [4.69, 9.17) is 4.98 Å². The summed E-state index contributed by atoms with van der Waals surface area (Å²) in [6.45, 7) is 6.85. The fourth-order valence-corrected chi connectivity index (χ4v) is 4.41. The van der Waals surface area contributed by atoms with Crippen LogP contribution in [0.15, 0.2) is 18.2 Å². The molecule has 1 saturated carbocycles. The third-order valence-corrected chi connectivity index (χ3v) is 5.48. The first-order valence-corrected chi connectivity index (χ1v) is 8.59. The van der Waals surface area contributed by atoms with Crippen LogP contribution < -0.4 is 5.32 Å². The Morgan fingerprint density at radius 3 is 2.85 bits per heavy atom. The van der Waals surface area contributed by atoms with Gasteiger partial charge in [-0.05, 0) is 49.3 Å². The number of thiazole rings is 1. The maximum Gasteiger partial charge on any atom is 0.184 e. The number of hydrogen-bond acceptors (Lipinski definition) is 3. The Balaban J connectivity index is 1.80. The Labute approximate surface area is 125 Å². The number of fused-ring (bicyclic) bond motifs is 1. The van der Waals surface area contributed by atoms with Crippen LogP contribution in [0.25, 0.3) is 10.2 Å². The Morgan fingerprint density at radius 2 is 2.05 bits per heavy atom. The monoisotopic (exact) mass is 288 g/mol. The minimum Gasteiger partial charge on any atom is -0.358 e. The van der Waals surface area contributed by atoms with E-state index in [1.807, 2.05) is 0 Å². The average Bonchev–Trinajstić information content (AvgIpc) is 2.80. The zero-order chi connectivity index (χ0) is 14.1. The van der Waals surface area contributed by atoms with E-state index in [0.29, 0.717) is 6.04 Å². The van der Waals surface area contributed by atoms with Gasteiger partial charge in [-0.3, -0.25) is 0 Å². The van der Waals surface area contributed by atoms with Gasteiger partial charge in [0.15, 0.2) is 5.13 Å². The van der Waals surface area contributed by atoms with E-state index in [2.05, 4.69) is 44.3 Å². The molecule has 0 amide bonds. The molecule has 2 nitrogen and oxygen atoms in total. The molecule has 1 heterocycles. The van der Waals surface area contributed by atoms with Gasteiger partial charge in [0.2, 0.25) is 0 Å². The Hall–Kier alpha value is -1.09. The highest BCUT2D eigenvalue weighted by Gasteiger charge is 2.27. The predicted octanol–water partition coefficient (Wildman–Crippen LogP) is 5.23. The topological polar surface area (TPSA) is 24.9 Å². The SMILES string of the molecule is Cc1ccc2nc(NC3CCCCC3C(C)C)sc2c1. The minimum atomic E-state index is 0.602. The molecule has 1 aliphatic carbocycles. The third-order valence-electron chi connectivity index (χ3n) is 4.53. The quantitative estimate of drug-likeness (QED) is 0.836. The maximum absolute atomic E-state index is 4.75. The number of aromatic nitrogens is 1. The summed E-state index contributed by atoms with van der Waals surface area (Å²) in [6, 6.07) is 7.11. The fraction of sp³-hybridized carbons (Fsp3) is 0.588. The molecule has 3 heteroatoms. The highest BCUT2D eigenvalue weighted by molar-refractivity contribution is 7.22. The summed E-state index contributed by atoms with van der Waals surface area (Å²) in [5.41, 5.74) is 2.44. The van der Waals surface area contributed by atoms with Crippen molar-refractivity contribution in [3.63, 3.8) is 0 Å². The van der Waals surface area contributed by atoms with Gasteiger partial charge in [-0.2, -0.15) is 0 Å². The van der Waals surface area contributed by atoms with Crippen molar-refractivity contribution in [1.29, 1.82) is 0 Å². The largest absolute Gasteiger partial charge is 0.358 e. The van der Waals surface area contributed by atoms with E-state index in [0.717, 1.165) is 22.5 Å². The van der Waals surface area contributed by atoms with Gasteiger partial charge in [-0.1, -0.05) is 44.1 Å². The molecule has 0 radical (unpaired) electrons. The average molecular weight is 288 g/mol. The highest BCUT2D eigenvalue weighted by Crippen LogP contribution is 2.34. The number of aryl methyl sites for hydroxylation is 1. The van der Waals surface area contributed by atoms with Crippen LogP contribution in [0.2, 0.25) is 0 Å². The predicted molar refractivity (Wildman–Crippen MR) is 88.6 cm³/mol. The van der Waals surface area contributed by atoms with Crippen molar-refractivity contribution in [3.05, 3.63) is 23.8 Å². The first kappa shape index (κ1) is 13.9. The highest BCUT2D eigenvalue weighted by atomic mass is 32.1. The molecule has 3 rings (SSSR count). The molecular formula is C17H24N2S. The Kier molecular flexibility index (Phi) is 3.97. The van der Waals surface area contributed by atoms with Crippen LogP contribution >= 0.6 is 11.3 Å². The van der Waals surface area contributed by atoms with E-state index >= 15 is 0 Å². The zero-order valence-electron chi connectivity index (χ0n) is 12.6. The van der Waals surface area contributed by atoms with Crippen molar-refractivity contribution in [2.75, 3.05) is 5.32 Å². The van der Waals surface area contributed by atoms with Crippen LogP contribution in [0.4, 0.5) is 5.13 Å². The normalized spacial score (nSPS) is 23.4. The number of rotatable bonds is 3. The van der Waals surface area contributed by atoms with Crippen molar-refractivity contribution in [3.8, 4) is 0 Å². The maximum atomic E-state index is 4.75. The zero-order valence-corrected chi connectivity index (χ0v) is 13.5. The van der Waals surface area contributed by atoms with Gasteiger partial charge in [-0.25, -0.2) is 4.98 Å². The summed E-state index contributed by atoms with van der Waals surface area (Å²) in [5.74, 6) is 1.54. The van der Waals surface area contributed by atoms with Crippen LogP contribution in [0.5, 0.6) is 0 Å². The second kappa shape index (κ2) is 5.72. The first-order valence-electron chi connectivity index (χ1n) is 7.77. The molecule has 1 aliphatic rings. The summed E-state index contributed by atoms with van der Waals surface area (Å²) in [5, 5.41) is 4.83. The van der Waals surface area contributed by atoms with Crippen LogP contribution in [0, 0.1) is 18.8 Å². The molecule has 1 fully saturated rings. The second-order valence-electron chi connectivity index (χ2n) is 6.43. The van der Waals surface area contributed by atoms with Gasteiger partial charge in [0.05, 0.1) is 10.2 Å². The molecule has 1 aromatic carbocycles. The lowest BCUT2D eigenvalue weighted by atomic mass is 9.78. The lowest BCUT2D eigenvalue weighted by Crippen LogP contribution is -2.35. The molecule has 2 aromatic rings. The van der Waals surface area contributed by atoms with Crippen LogP contribution in [0.1, 0.15) is 45.1 Å². The van der Waals surface area contributed by atoms with Gasteiger partial charge in [0.25, 0.3) is 0 Å². The van der Waals surface area contributed by atoms with Gasteiger partial charge < -0.3 is 5.32 Å². The number of benzene rings is 1. The third kappa shape index (κ3) is 2.83. The number of nitrogens with one attached hydrogen (secondary N) is 1. The van der Waals surface area contributed by atoms with E-state index in [-0.39, 0.29) is 0 Å². The van der Waals surface area contributed by atoms with E-state index in [9.17, 15) is 0 Å². The number of hydrogen-bond donors (Lipinski definition) is 1. The van der Waals surface area contributed by atoms with E-state index in [1.54, 1.807) is 11.3 Å². The molecule has 20 heavy (non-hydrogen) atoms. The smallest absolute Gasteiger partial charge is 0.184 e. The van der Waals surface area contributed by atoms with Crippen molar-refractivity contribution >= 4 is 26.7 Å². The molecule has 2 unspecified atom stereocenters. The van der Waals surface area contributed by atoms with Crippen LogP contribution in [-0.2, 0) is 0 Å². The van der Waals surface area contributed by atoms with Crippen molar-refractivity contribution in [1.82, 2.24) is 4.98 Å². The Morgan fingerprint density at radius 1 is 1.25 bits per heavy atom. The van der Waals surface area contributed by atoms with Gasteiger partial charge >= 0.3 is 0 Å². The fourth-order valence-electron chi connectivity index (χ4n) is 3.39. The summed E-state index contributed by atoms with van der Waals surface area (Å²) in [7, 11) is 0. The lowest BCUT2D eigenvalue weighted by Gasteiger charge is -2.34. The van der Waals surface area contributed by atoms with Crippen molar-refractivity contribution in [2.24, 2.45) is 11.8 Å². The molecule has 0 aliphatic heterocycles. The lowest BCUT2D eigenvalue weighted by molar-refractivity contribution is 0.254. The minimum absolute atomic E-state index is 0.602. The molecule has 2 atom stereocenters. The molecular weight excluding hydrogens is 264 g/mol. The molecule has 0 bridgehead atoms. The van der Waals surface area contributed by atoms with Gasteiger partial charge in [0, 0.05) is 6.04 Å². The summed E-state index contributed by atoms with van der Waals surface area (Å²) in [4.78, 5) is 4.75. The van der Waals surface area contributed by atoms with Crippen molar-refractivity contribution in [2.45, 2.75) is 52.5 Å². The molecule has 108 valence electrons. The number of nitrogens with zero attached hydrogens (tertiary/aromatic N) is 1. The standard InChI is InChI=1S/C17H24N2S/c1-11(2)13-6-4-5-7-14(13)18-17-19-15-9-8-12(3)10-16(15)20-17/h8-11,13-14H,4-7H2,1-3H3,(H,18,19). The summed E-state index contributed by atoms with van der Waals surface area (Å²) >= 11 is 1.80. The van der Waals surface area contributed by atoms with E-state index < -0.39 is 0 Å². The first-order chi connectivity index (χ1) is 9.63. The van der Waals surface area contributed by atoms with Gasteiger partial charge in [0.1, 0.15) is 0 Å². The molecule has 1 N–H and O–H groups in total. The Bertz CT molecular complexity index is 588. The number of anilines is 1. The second-order valence-corrected chi connectivity index (χ2v) is 7.46. The molecule has 1 aromatic heterocycles. The molecule has 0 spiro atoms. The van der Waals surface area contributed by atoms with Crippen molar-refractivity contribution < 1.29 is 0 Å².